The van der Waals surface area contributed by atoms with Crippen molar-refractivity contribution in [1.82, 2.24) is 15.5 Å². The molecule has 0 saturated heterocycles. The fourth-order valence-corrected chi connectivity index (χ4v) is 8.56. The number of fused-ring (bicyclic) bond motifs is 4. The number of nitrogens with two attached hydrogens (primary N) is 1. The largest absolute Gasteiger partial charge is 0.491 e. The van der Waals surface area contributed by atoms with Crippen LogP contribution in [0.25, 0.3) is 0 Å². The van der Waals surface area contributed by atoms with E-state index in [0.717, 1.165) is 12.1 Å². The van der Waals surface area contributed by atoms with Gasteiger partial charge in [0.2, 0.25) is 11.8 Å². The van der Waals surface area contributed by atoms with Crippen molar-refractivity contribution < 1.29 is 36.4 Å². The van der Waals surface area contributed by atoms with Gasteiger partial charge in [-0.15, -0.1) is 0 Å². The zero-order valence-electron chi connectivity index (χ0n) is 28.5. The third kappa shape index (κ3) is 7.22. The maximum Gasteiger partial charge on any atom is 0.254 e. The number of hydrogen-bond donors (Lipinski definition) is 2. The molecule has 3 aliphatic carbocycles. The van der Waals surface area contributed by atoms with E-state index in [9.17, 15) is 18.0 Å². The van der Waals surface area contributed by atoms with E-state index in [0.29, 0.717) is 61.6 Å². The Labute approximate surface area is 285 Å². The lowest BCUT2D eigenvalue weighted by Gasteiger charge is -2.52. The van der Waals surface area contributed by atoms with E-state index < -0.39 is 44.8 Å². The van der Waals surface area contributed by atoms with E-state index in [1.807, 2.05) is 34.6 Å². The first kappa shape index (κ1) is 35.0. The molecule has 3 fully saturated rings. The van der Waals surface area contributed by atoms with Gasteiger partial charge in [-0.3, -0.25) is 9.59 Å². The molecular formula is C35H44FN5O7S. The number of ether oxygens (including phenoxy) is 2. The molecule has 49 heavy (non-hydrogen) atoms. The van der Waals surface area contributed by atoms with E-state index in [4.69, 9.17) is 19.7 Å². The van der Waals surface area contributed by atoms with Crippen LogP contribution in [-0.2, 0) is 37.9 Å². The molecule has 2 bridgehead atoms. The summed E-state index contributed by atoms with van der Waals surface area (Å²) in [5.41, 5.74) is 5.06. The van der Waals surface area contributed by atoms with Gasteiger partial charge in [0.05, 0.1) is 46.2 Å². The summed E-state index contributed by atoms with van der Waals surface area (Å²) in [4.78, 5) is 32.8. The summed E-state index contributed by atoms with van der Waals surface area (Å²) in [7, 11) is -4.16. The molecule has 2 aromatic carbocycles. The zero-order valence-corrected chi connectivity index (χ0v) is 29.4. The van der Waals surface area contributed by atoms with Crippen LogP contribution in [-0.4, -0.2) is 59.4 Å². The predicted octanol–water partition coefficient (Wildman–Crippen LogP) is 4.73. The van der Waals surface area contributed by atoms with Gasteiger partial charge in [0.25, 0.3) is 5.91 Å². The lowest BCUT2D eigenvalue weighted by atomic mass is 9.57. The number of anilines is 1. The SMILES string of the molecule is CC(C)Oc1ccc(CN2C(=O)[C@@H](N)CS(=O)(=O)c3cc(F)c(C(=O)NC45CCC(c6nc(COC(C)(C)C)no6)(CC4)CC5)cc32)cc1. The Hall–Kier alpha value is -3.88. The second kappa shape index (κ2) is 12.8. The van der Waals surface area contributed by atoms with Gasteiger partial charge in [0.15, 0.2) is 15.7 Å². The van der Waals surface area contributed by atoms with Gasteiger partial charge in [-0.2, -0.15) is 4.98 Å². The standard InChI is InChI=1S/C35H44FN5O7S/c1-21(2)47-23-8-6-22(7-9-23)18-41-27-16-24(25(36)17-28(27)49(44,45)20-26(37)31(41)43)30(42)39-35-13-10-34(11-14-35,12-15-35)32-38-29(40-48-32)19-46-33(3,4)5/h6-9,16-17,21,26H,10-15,18-20,37H2,1-5H3,(H,39,42)/t26-,34?,35?/m0/s1. The van der Waals surface area contributed by atoms with Crippen LogP contribution in [0.4, 0.5) is 10.1 Å². The van der Waals surface area contributed by atoms with E-state index in [2.05, 4.69) is 15.5 Å². The number of aromatic nitrogens is 2. The lowest BCUT2D eigenvalue weighted by Crippen LogP contribution is -2.58. The van der Waals surface area contributed by atoms with Gasteiger partial charge in [0.1, 0.15) is 18.2 Å². The number of carbonyl (C=O) groups is 2. The molecular weight excluding hydrogens is 653 g/mol. The Balaban J connectivity index is 1.23. The minimum absolute atomic E-state index is 0.0331. The molecule has 1 aromatic heterocycles. The molecule has 7 rings (SSSR count). The van der Waals surface area contributed by atoms with Gasteiger partial charge in [-0.25, -0.2) is 12.8 Å². The quantitative estimate of drug-likeness (QED) is 0.319. The topological polar surface area (TPSA) is 167 Å². The first-order valence-corrected chi connectivity index (χ1v) is 18.3. The summed E-state index contributed by atoms with van der Waals surface area (Å²) in [5, 5.41) is 7.20. The first-order chi connectivity index (χ1) is 23.0. The number of sulfone groups is 1. The highest BCUT2D eigenvalue weighted by Crippen LogP contribution is 2.53. The predicted molar refractivity (Wildman–Crippen MR) is 178 cm³/mol. The molecule has 0 unspecified atom stereocenters. The van der Waals surface area contributed by atoms with Crippen LogP contribution in [0.3, 0.4) is 0 Å². The number of halogens is 1. The van der Waals surface area contributed by atoms with Crippen LogP contribution in [0.1, 0.15) is 101 Å². The number of carbonyl (C=O) groups excluding carboxylic acids is 2. The molecule has 3 N–H and O–H groups in total. The number of nitrogens with one attached hydrogen (secondary N) is 1. The fraction of sp³-hybridized carbons (Fsp3) is 0.543. The Morgan fingerprint density at radius 1 is 1.12 bits per heavy atom. The van der Waals surface area contributed by atoms with Crippen molar-refractivity contribution in [2.45, 2.75) is 120 Å². The highest BCUT2D eigenvalue weighted by Gasteiger charge is 2.53. The lowest BCUT2D eigenvalue weighted by molar-refractivity contribution is -0.119. The van der Waals surface area contributed by atoms with Crippen molar-refractivity contribution in [1.29, 1.82) is 0 Å². The first-order valence-electron chi connectivity index (χ1n) is 16.7. The molecule has 14 heteroatoms. The minimum atomic E-state index is -4.16. The fourth-order valence-electron chi connectivity index (χ4n) is 7.00. The van der Waals surface area contributed by atoms with Gasteiger partial charge < -0.3 is 29.9 Å². The number of nitrogens with zero attached hydrogens (tertiary/aromatic N) is 3. The van der Waals surface area contributed by atoms with Crippen molar-refractivity contribution in [3.63, 3.8) is 0 Å². The van der Waals surface area contributed by atoms with Gasteiger partial charge in [-0.1, -0.05) is 17.3 Å². The Kier molecular flexibility index (Phi) is 9.12. The second-order valence-electron chi connectivity index (χ2n) is 14.9. The van der Waals surface area contributed by atoms with Crippen LogP contribution in [0, 0.1) is 5.82 Å². The molecule has 264 valence electrons. The van der Waals surface area contributed by atoms with Crippen molar-refractivity contribution in [2.75, 3.05) is 10.7 Å². The number of benzene rings is 2. The molecule has 0 radical (unpaired) electrons. The number of hydrogen-bond acceptors (Lipinski definition) is 10. The molecule has 0 spiro atoms. The van der Waals surface area contributed by atoms with Crippen LogP contribution in [0.2, 0.25) is 0 Å². The average Bonchev–Trinajstić information content (AvgIpc) is 3.51. The normalized spacial score (nSPS) is 24.9. The molecule has 1 atom stereocenters. The molecule has 4 aliphatic rings. The van der Waals surface area contributed by atoms with E-state index in [1.165, 1.54) is 4.90 Å². The molecule has 3 saturated carbocycles. The maximum atomic E-state index is 15.7. The highest BCUT2D eigenvalue weighted by atomic mass is 32.2. The molecule has 2 amide bonds. The number of rotatable bonds is 9. The molecule has 1 aliphatic heterocycles. The maximum absolute atomic E-state index is 15.7. The summed E-state index contributed by atoms with van der Waals surface area (Å²) in [6, 6.07) is 7.64. The summed E-state index contributed by atoms with van der Waals surface area (Å²) >= 11 is 0. The van der Waals surface area contributed by atoms with Crippen LogP contribution < -0.4 is 20.7 Å². The van der Waals surface area contributed by atoms with E-state index >= 15 is 4.39 Å². The van der Waals surface area contributed by atoms with Gasteiger partial charge in [0, 0.05) is 11.0 Å². The Morgan fingerprint density at radius 2 is 1.78 bits per heavy atom. The highest BCUT2D eigenvalue weighted by molar-refractivity contribution is 7.91. The van der Waals surface area contributed by atoms with Crippen molar-refractivity contribution in [3.8, 4) is 5.75 Å². The third-order valence-corrected chi connectivity index (χ3v) is 11.5. The van der Waals surface area contributed by atoms with Gasteiger partial charge >= 0.3 is 0 Å². The van der Waals surface area contributed by atoms with Crippen molar-refractivity contribution >= 4 is 27.3 Å². The summed E-state index contributed by atoms with van der Waals surface area (Å²) < 4.78 is 59.5. The minimum Gasteiger partial charge on any atom is -0.491 e. The van der Waals surface area contributed by atoms with E-state index in [-0.39, 0.29) is 46.4 Å². The summed E-state index contributed by atoms with van der Waals surface area (Å²) in [5.74, 6) is -1.31. The molecule has 12 nitrogen and oxygen atoms in total. The van der Waals surface area contributed by atoms with Gasteiger partial charge in [-0.05, 0) is 103 Å². The average molecular weight is 698 g/mol. The Bertz CT molecular complexity index is 1830. The van der Waals surface area contributed by atoms with Crippen LogP contribution >= 0.6 is 0 Å². The molecule has 2 heterocycles. The summed E-state index contributed by atoms with van der Waals surface area (Å²) in [6.45, 7) is 9.87. The smallest absolute Gasteiger partial charge is 0.254 e. The monoisotopic (exact) mass is 697 g/mol. The van der Waals surface area contributed by atoms with Crippen molar-refractivity contribution in [3.05, 3.63) is 65.1 Å². The molecule has 3 aromatic rings. The Morgan fingerprint density at radius 3 is 2.39 bits per heavy atom. The zero-order chi connectivity index (χ0) is 35.4. The third-order valence-electron chi connectivity index (χ3n) is 9.72. The van der Waals surface area contributed by atoms with E-state index in [1.54, 1.807) is 24.3 Å². The summed E-state index contributed by atoms with van der Waals surface area (Å²) in [6.07, 6.45) is 3.90. The van der Waals surface area contributed by atoms with Crippen LogP contribution in [0.5, 0.6) is 5.75 Å². The second-order valence-corrected chi connectivity index (χ2v) is 16.9. The number of amides is 2. The van der Waals surface area contributed by atoms with Crippen LogP contribution in [0.15, 0.2) is 45.8 Å². The van der Waals surface area contributed by atoms with Crippen molar-refractivity contribution in [2.24, 2.45) is 5.73 Å².